The van der Waals surface area contributed by atoms with E-state index in [2.05, 4.69) is 5.43 Å². The lowest BCUT2D eigenvalue weighted by Gasteiger charge is -2.16. The first-order chi connectivity index (χ1) is 15.2. The summed E-state index contributed by atoms with van der Waals surface area (Å²) in [6, 6.07) is 7.81. The minimum atomic E-state index is -0.597. The van der Waals surface area contributed by atoms with Crippen LogP contribution in [-0.2, 0) is 4.79 Å². The van der Waals surface area contributed by atoms with Crippen LogP contribution in [0.2, 0.25) is 15.1 Å². The molecule has 0 radical (unpaired) electrons. The number of fused-ring (bicyclic) bond motifs is 1. The van der Waals surface area contributed by atoms with Crippen LogP contribution in [-0.4, -0.2) is 21.1 Å². The second-order valence-electron chi connectivity index (χ2n) is 6.73. The molecule has 1 N–H and O–H groups in total. The zero-order valence-electron chi connectivity index (χ0n) is 16.1. The smallest absolute Gasteiger partial charge is 0.285 e. The van der Waals surface area contributed by atoms with Crippen molar-refractivity contribution in [1.82, 2.24) is 10.4 Å². The molecule has 1 aliphatic rings. The highest BCUT2D eigenvalue weighted by Gasteiger charge is 2.34. The summed E-state index contributed by atoms with van der Waals surface area (Å²) in [7, 11) is 0. The molecule has 0 saturated carbocycles. The van der Waals surface area contributed by atoms with Gasteiger partial charge in [0.1, 0.15) is 6.26 Å². The van der Waals surface area contributed by atoms with E-state index in [0.29, 0.717) is 0 Å². The first-order valence-corrected chi connectivity index (χ1v) is 11.3. The minimum absolute atomic E-state index is 0.0918. The number of halogens is 3. The minimum Gasteiger partial charge on any atom is -0.462 e. The molecule has 0 unspecified atom stereocenters. The largest absolute Gasteiger partial charge is 0.462 e. The maximum atomic E-state index is 12.8. The molecular weight excluding hydrogens is 515 g/mol. The average molecular weight is 526 g/mol. The van der Waals surface area contributed by atoms with Crippen molar-refractivity contribution in [3.05, 3.63) is 83.5 Å². The summed E-state index contributed by atoms with van der Waals surface area (Å²) in [5.74, 6) is -1.19. The van der Waals surface area contributed by atoms with Gasteiger partial charge in [-0.05, 0) is 55.0 Å². The van der Waals surface area contributed by atoms with E-state index < -0.39 is 17.2 Å². The highest BCUT2D eigenvalue weighted by molar-refractivity contribution is 8.26. The van der Waals surface area contributed by atoms with E-state index in [0.717, 1.165) is 22.3 Å². The highest BCUT2D eigenvalue weighted by atomic mass is 35.5. The van der Waals surface area contributed by atoms with Crippen molar-refractivity contribution in [2.75, 3.05) is 0 Å². The molecular formula is C21H11Cl3N2O4S2. The van der Waals surface area contributed by atoms with Crippen LogP contribution in [0.4, 0.5) is 0 Å². The molecule has 1 fully saturated rings. The molecule has 0 atom stereocenters. The third-order valence-electron chi connectivity index (χ3n) is 4.48. The summed E-state index contributed by atoms with van der Waals surface area (Å²) >= 11 is 24.3. The summed E-state index contributed by atoms with van der Waals surface area (Å²) < 4.78 is 5.56. The molecule has 32 heavy (non-hydrogen) atoms. The summed E-state index contributed by atoms with van der Waals surface area (Å²) in [6.07, 6.45) is 2.53. The topological polar surface area (TPSA) is 79.6 Å². The Morgan fingerprint density at radius 1 is 1.16 bits per heavy atom. The van der Waals surface area contributed by atoms with Gasteiger partial charge in [0.15, 0.2) is 15.3 Å². The molecule has 162 valence electrons. The summed E-state index contributed by atoms with van der Waals surface area (Å²) in [5, 5.41) is 1.82. The number of aryl methyl sites for hydroxylation is 1. The van der Waals surface area contributed by atoms with E-state index >= 15 is 0 Å². The number of thiocarbonyl (C=S) groups is 1. The number of thioether (sulfide) groups is 1. The number of benzene rings is 2. The molecule has 1 aromatic heterocycles. The fourth-order valence-corrected chi connectivity index (χ4v) is 4.98. The number of carbonyl (C=O) groups is 2. The van der Waals surface area contributed by atoms with Crippen molar-refractivity contribution in [2.45, 2.75) is 6.92 Å². The first kappa shape index (κ1) is 22.8. The maximum absolute atomic E-state index is 12.8. The van der Waals surface area contributed by atoms with Gasteiger partial charge in [0, 0.05) is 5.02 Å². The molecule has 1 saturated heterocycles. The number of nitrogens with one attached hydrogen (secondary N) is 1. The van der Waals surface area contributed by atoms with Crippen LogP contribution in [0.25, 0.3) is 17.0 Å². The zero-order valence-corrected chi connectivity index (χ0v) is 20.0. The third kappa shape index (κ3) is 4.29. The van der Waals surface area contributed by atoms with Crippen molar-refractivity contribution in [1.29, 1.82) is 0 Å². The van der Waals surface area contributed by atoms with Crippen LogP contribution in [0, 0.1) is 6.92 Å². The van der Waals surface area contributed by atoms with Crippen LogP contribution in [0.1, 0.15) is 21.5 Å². The first-order valence-electron chi connectivity index (χ1n) is 8.91. The fourth-order valence-electron chi connectivity index (χ4n) is 2.95. The van der Waals surface area contributed by atoms with Gasteiger partial charge in [-0.1, -0.05) is 52.6 Å². The number of carbonyl (C=O) groups excluding carboxylic acids is 2. The Morgan fingerprint density at radius 3 is 2.62 bits per heavy atom. The van der Waals surface area contributed by atoms with Crippen LogP contribution in [0.3, 0.4) is 0 Å². The number of nitrogens with zero attached hydrogens (tertiary/aromatic N) is 1. The Hall–Kier alpha value is -2.36. The molecule has 6 nitrogen and oxygen atoms in total. The number of rotatable bonds is 3. The molecule has 2 heterocycles. The second-order valence-corrected chi connectivity index (χ2v) is 9.65. The van der Waals surface area contributed by atoms with Gasteiger partial charge in [-0.25, -0.2) is 0 Å². The van der Waals surface area contributed by atoms with Crippen LogP contribution >= 0.6 is 58.8 Å². The maximum Gasteiger partial charge on any atom is 0.285 e. The molecule has 4 rings (SSSR count). The van der Waals surface area contributed by atoms with Gasteiger partial charge < -0.3 is 4.42 Å². The Kier molecular flexibility index (Phi) is 6.33. The van der Waals surface area contributed by atoms with Gasteiger partial charge in [0.2, 0.25) is 0 Å². The quantitative estimate of drug-likeness (QED) is 0.354. The van der Waals surface area contributed by atoms with Crippen molar-refractivity contribution in [3.63, 3.8) is 0 Å². The zero-order chi connectivity index (χ0) is 23.2. The molecule has 2 amide bonds. The molecule has 0 spiro atoms. The van der Waals surface area contributed by atoms with Gasteiger partial charge in [-0.3, -0.25) is 19.8 Å². The Bertz CT molecular complexity index is 1420. The van der Waals surface area contributed by atoms with Crippen molar-refractivity contribution in [3.8, 4) is 0 Å². The van der Waals surface area contributed by atoms with Crippen molar-refractivity contribution >= 4 is 92.0 Å². The van der Waals surface area contributed by atoms with Crippen LogP contribution in [0.5, 0.6) is 0 Å². The molecule has 0 bridgehead atoms. The van der Waals surface area contributed by atoms with Gasteiger partial charge in [-0.2, -0.15) is 5.01 Å². The Labute approximate surface area is 206 Å². The van der Waals surface area contributed by atoms with Gasteiger partial charge in [0.05, 0.1) is 31.5 Å². The van der Waals surface area contributed by atoms with Crippen LogP contribution in [0.15, 0.2) is 50.7 Å². The van der Waals surface area contributed by atoms with Crippen molar-refractivity contribution in [2.24, 2.45) is 0 Å². The lowest BCUT2D eigenvalue weighted by atomic mass is 10.1. The van der Waals surface area contributed by atoms with Crippen LogP contribution < -0.4 is 10.9 Å². The second kappa shape index (κ2) is 8.88. The third-order valence-corrected chi connectivity index (χ3v) is 6.60. The van der Waals surface area contributed by atoms with E-state index in [4.69, 9.17) is 51.4 Å². The summed E-state index contributed by atoms with van der Waals surface area (Å²) in [6.45, 7) is 1.84. The lowest BCUT2D eigenvalue weighted by molar-refractivity contribution is -0.123. The van der Waals surface area contributed by atoms with E-state index in [1.807, 2.05) is 6.92 Å². The number of amides is 2. The Balaban J connectivity index is 1.63. The Morgan fingerprint density at radius 2 is 1.91 bits per heavy atom. The standard InChI is InChI=1S/C21H11Cl3N2O4S2/c1-9-2-3-12(14(23)4-9)19(28)25-26-20(29)16(32-21(26)31)5-10-8-30-18-13(17(10)27)6-11(22)7-15(18)24/h2-8H,1H3,(H,25,28)/b16-5-. The van der Waals surface area contributed by atoms with Gasteiger partial charge in [-0.15, -0.1) is 0 Å². The molecule has 2 aromatic carbocycles. The van der Waals surface area contributed by atoms with E-state index in [9.17, 15) is 14.4 Å². The highest BCUT2D eigenvalue weighted by Crippen LogP contribution is 2.32. The van der Waals surface area contributed by atoms with Gasteiger partial charge >= 0.3 is 0 Å². The molecule has 0 aliphatic carbocycles. The lowest BCUT2D eigenvalue weighted by Crippen LogP contribution is -2.44. The number of hydrogen-bond donors (Lipinski definition) is 1. The number of hydrogen-bond acceptors (Lipinski definition) is 6. The predicted molar refractivity (Wildman–Crippen MR) is 131 cm³/mol. The van der Waals surface area contributed by atoms with Crippen molar-refractivity contribution < 1.29 is 14.0 Å². The molecule has 11 heteroatoms. The van der Waals surface area contributed by atoms with E-state index in [1.165, 1.54) is 24.5 Å². The average Bonchev–Trinajstić information content (AvgIpc) is 2.97. The summed E-state index contributed by atoms with van der Waals surface area (Å²) in [4.78, 5) is 38.4. The number of hydrazine groups is 1. The molecule has 3 aromatic rings. The monoisotopic (exact) mass is 524 g/mol. The summed E-state index contributed by atoms with van der Waals surface area (Å²) in [5.41, 5.74) is 3.40. The normalized spacial score (nSPS) is 15.1. The fraction of sp³-hybridized carbons (Fsp3) is 0.0476. The molecule has 1 aliphatic heterocycles. The van der Waals surface area contributed by atoms with E-state index in [1.54, 1.807) is 18.2 Å². The SMILES string of the molecule is Cc1ccc(C(=O)NN2C(=O)/C(=C/c3coc4c(Cl)cc(Cl)cc4c3=O)SC2=S)c(Cl)c1. The van der Waals surface area contributed by atoms with E-state index in [-0.39, 0.29) is 46.4 Å². The predicted octanol–water partition coefficient (Wildman–Crippen LogP) is 5.61. The van der Waals surface area contributed by atoms with Gasteiger partial charge in [0.25, 0.3) is 11.8 Å².